The van der Waals surface area contributed by atoms with Gasteiger partial charge in [0.15, 0.2) is 0 Å². The average Bonchev–Trinajstić information content (AvgIpc) is 2.90. The van der Waals surface area contributed by atoms with Crippen LogP contribution in [0, 0.1) is 16.7 Å². The van der Waals surface area contributed by atoms with Gasteiger partial charge in [-0.1, -0.05) is 17.7 Å². The minimum absolute atomic E-state index is 0.130. The summed E-state index contributed by atoms with van der Waals surface area (Å²) >= 11 is 6.51. The lowest BCUT2D eigenvalue weighted by molar-refractivity contribution is 0.0455. The molecule has 9 heteroatoms. The first-order valence-corrected chi connectivity index (χ1v) is 12.9. The van der Waals surface area contributed by atoms with Crippen LogP contribution in [0.1, 0.15) is 45.4 Å². The summed E-state index contributed by atoms with van der Waals surface area (Å²) in [4.78, 5) is 9.26. The van der Waals surface area contributed by atoms with Crippen molar-refractivity contribution in [3.05, 3.63) is 35.5 Å². The molecule has 2 aromatic heterocycles. The van der Waals surface area contributed by atoms with Crippen molar-refractivity contribution < 1.29 is 9.84 Å². The topological polar surface area (TPSA) is 115 Å². The summed E-state index contributed by atoms with van der Waals surface area (Å²) in [5.41, 5.74) is 1.15. The molecular weight excluding hydrogens is 464 g/mol. The molecule has 2 aromatic rings. The second-order valence-electron chi connectivity index (χ2n) is 9.76. The molecular formula is C26H35ClN6O2. The van der Waals surface area contributed by atoms with Crippen molar-refractivity contribution in [1.29, 1.82) is 5.26 Å². The van der Waals surface area contributed by atoms with Crippen molar-refractivity contribution in [2.45, 2.75) is 63.6 Å². The fourth-order valence-electron chi connectivity index (χ4n) is 4.82. The highest BCUT2D eigenvalue weighted by atomic mass is 35.5. The van der Waals surface area contributed by atoms with E-state index in [9.17, 15) is 10.4 Å². The van der Waals surface area contributed by atoms with E-state index in [1.165, 1.54) is 0 Å². The molecule has 1 atom stereocenters. The zero-order valence-electron chi connectivity index (χ0n) is 20.3. The number of pyridine rings is 2. The largest absolute Gasteiger partial charge is 0.395 e. The van der Waals surface area contributed by atoms with Gasteiger partial charge in [0, 0.05) is 49.6 Å². The molecule has 0 spiro atoms. The van der Waals surface area contributed by atoms with Gasteiger partial charge >= 0.3 is 0 Å². The fourth-order valence-corrected chi connectivity index (χ4v) is 5.02. The first kappa shape index (κ1) is 25.6. The van der Waals surface area contributed by atoms with E-state index in [2.05, 4.69) is 27.0 Å². The van der Waals surface area contributed by atoms with E-state index >= 15 is 0 Å². The van der Waals surface area contributed by atoms with Crippen LogP contribution in [0.3, 0.4) is 0 Å². The Hall–Kier alpha value is -2.44. The summed E-state index contributed by atoms with van der Waals surface area (Å²) in [5, 5.41) is 29.9. The standard InChI is InChI=1S/C26H35ClN6O2/c1-18(15-34)31-19-5-7-20(8-6-19)32-25-13-21(22(27)14-29-25)23-3-2-4-24(33-23)30-17-26(16-28)9-11-35-12-10-26/h2-4,13-14,18-20,31,34H,5-12,15,17H2,1H3,(H,29,32)(H,30,33). The molecule has 2 fully saturated rings. The number of aliphatic hydroxyl groups excluding tert-OH is 1. The minimum Gasteiger partial charge on any atom is -0.395 e. The number of aliphatic hydroxyl groups is 1. The van der Waals surface area contributed by atoms with Crippen LogP contribution >= 0.6 is 11.6 Å². The van der Waals surface area contributed by atoms with Crippen molar-refractivity contribution in [2.75, 3.05) is 37.0 Å². The normalized spacial score (nSPS) is 22.7. The average molecular weight is 499 g/mol. The lowest BCUT2D eigenvalue weighted by Gasteiger charge is -2.31. The first-order valence-electron chi connectivity index (χ1n) is 12.5. The Morgan fingerprint density at radius 3 is 2.66 bits per heavy atom. The molecule has 1 saturated heterocycles. The van der Waals surface area contributed by atoms with Gasteiger partial charge in [0.25, 0.3) is 0 Å². The van der Waals surface area contributed by atoms with E-state index < -0.39 is 5.41 Å². The molecule has 0 aromatic carbocycles. The van der Waals surface area contributed by atoms with Crippen LogP contribution in [-0.4, -0.2) is 59.6 Å². The van der Waals surface area contributed by atoms with Gasteiger partial charge in [-0.25, -0.2) is 9.97 Å². The van der Waals surface area contributed by atoms with Crippen LogP contribution in [-0.2, 0) is 4.74 Å². The van der Waals surface area contributed by atoms with E-state index in [1.807, 2.05) is 31.2 Å². The highest BCUT2D eigenvalue weighted by Crippen LogP contribution is 2.32. The minimum atomic E-state index is -0.425. The lowest BCUT2D eigenvalue weighted by atomic mass is 9.82. The highest BCUT2D eigenvalue weighted by molar-refractivity contribution is 6.33. The van der Waals surface area contributed by atoms with Crippen molar-refractivity contribution >= 4 is 23.2 Å². The zero-order valence-corrected chi connectivity index (χ0v) is 21.0. The summed E-state index contributed by atoms with van der Waals surface area (Å²) in [6.07, 6.45) is 7.32. The third-order valence-electron chi connectivity index (χ3n) is 7.05. The number of rotatable bonds is 9. The smallest absolute Gasteiger partial charge is 0.126 e. The summed E-state index contributed by atoms with van der Waals surface area (Å²) in [7, 11) is 0. The summed E-state index contributed by atoms with van der Waals surface area (Å²) in [6.45, 7) is 3.94. The molecule has 0 bridgehead atoms. The second-order valence-corrected chi connectivity index (χ2v) is 10.2. The SMILES string of the molecule is CC(CO)NC1CCC(Nc2cc(-c3cccc(NCC4(C#N)CCOCC4)n3)c(Cl)cn2)CC1. The predicted molar refractivity (Wildman–Crippen MR) is 138 cm³/mol. The van der Waals surface area contributed by atoms with Gasteiger partial charge in [0.2, 0.25) is 0 Å². The molecule has 0 radical (unpaired) electrons. The molecule has 3 heterocycles. The number of anilines is 2. The van der Waals surface area contributed by atoms with E-state index in [-0.39, 0.29) is 12.6 Å². The first-order chi connectivity index (χ1) is 17.0. The number of hydrogen-bond donors (Lipinski definition) is 4. The Labute approximate surface area is 212 Å². The molecule has 4 rings (SSSR count). The number of aromatic nitrogens is 2. The summed E-state index contributed by atoms with van der Waals surface area (Å²) in [5.74, 6) is 1.50. The van der Waals surface area contributed by atoms with Crippen LogP contribution in [0.5, 0.6) is 0 Å². The van der Waals surface area contributed by atoms with Crippen molar-refractivity contribution in [1.82, 2.24) is 15.3 Å². The van der Waals surface area contributed by atoms with Crippen molar-refractivity contribution in [2.24, 2.45) is 5.41 Å². The van der Waals surface area contributed by atoms with Gasteiger partial charge in [0.1, 0.15) is 11.6 Å². The fraction of sp³-hybridized carbons (Fsp3) is 0.577. The molecule has 1 saturated carbocycles. The Kier molecular flexibility index (Phi) is 8.79. The maximum atomic E-state index is 9.71. The molecule has 4 N–H and O–H groups in total. The maximum Gasteiger partial charge on any atom is 0.126 e. The van der Waals surface area contributed by atoms with Crippen LogP contribution in [0.2, 0.25) is 5.02 Å². The molecule has 35 heavy (non-hydrogen) atoms. The molecule has 1 unspecified atom stereocenters. The Balaban J connectivity index is 1.39. The quantitative estimate of drug-likeness (QED) is 0.406. The number of halogens is 1. The number of nitrogens with one attached hydrogen (secondary N) is 3. The van der Waals surface area contributed by atoms with Gasteiger partial charge in [-0.2, -0.15) is 5.26 Å². The molecule has 8 nitrogen and oxygen atoms in total. The lowest BCUT2D eigenvalue weighted by Crippen LogP contribution is -2.42. The monoisotopic (exact) mass is 498 g/mol. The van der Waals surface area contributed by atoms with Gasteiger partial charge in [-0.15, -0.1) is 0 Å². The number of nitrogens with zero attached hydrogens (tertiary/aromatic N) is 3. The van der Waals surface area contributed by atoms with E-state index in [1.54, 1.807) is 6.20 Å². The molecule has 1 aliphatic heterocycles. The van der Waals surface area contributed by atoms with Crippen molar-refractivity contribution in [3.63, 3.8) is 0 Å². The number of nitriles is 1. The summed E-state index contributed by atoms with van der Waals surface area (Å²) in [6, 6.07) is 11.2. The van der Waals surface area contributed by atoms with Crippen molar-refractivity contribution in [3.8, 4) is 17.3 Å². The molecule has 188 valence electrons. The van der Waals surface area contributed by atoms with Gasteiger partial charge in [-0.3, -0.25) is 0 Å². The predicted octanol–water partition coefficient (Wildman–Crippen LogP) is 4.22. The van der Waals surface area contributed by atoms with Crippen LogP contribution < -0.4 is 16.0 Å². The maximum absolute atomic E-state index is 9.71. The second kappa shape index (κ2) is 12.0. The highest BCUT2D eigenvalue weighted by Gasteiger charge is 2.32. The summed E-state index contributed by atoms with van der Waals surface area (Å²) < 4.78 is 5.43. The Morgan fingerprint density at radius 1 is 1.20 bits per heavy atom. The van der Waals surface area contributed by atoms with Crippen LogP contribution in [0.15, 0.2) is 30.5 Å². The number of ether oxygens (including phenoxy) is 1. The third-order valence-corrected chi connectivity index (χ3v) is 7.35. The van der Waals surface area contributed by atoms with Gasteiger partial charge < -0.3 is 25.8 Å². The van der Waals surface area contributed by atoms with Gasteiger partial charge in [-0.05, 0) is 63.6 Å². The van der Waals surface area contributed by atoms with Crippen LogP contribution in [0.4, 0.5) is 11.6 Å². The number of hydrogen-bond acceptors (Lipinski definition) is 8. The zero-order chi connectivity index (χ0) is 24.7. The van der Waals surface area contributed by atoms with E-state index in [0.717, 1.165) is 55.6 Å². The van der Waals surface area contributed by atoms with E-state index in [0.29, 0.717) is 42.7 Å². The molecule has 2 aliphatic rings. The Bertz CT molecular complexity index is 1020. The van der Waals surface area contributed by atoms with E-state index in [4.69, 9.17) is 21.3 Å². The van der Waals surface area contributed by atoms with Crippen LogP contribution in [0.25, 0.3) is 11.3 Å². The Morgan fingerprint density at radius 2 is 1.94 bits per heavy atom. The van der Waals surface area contributed by atoms with Gasteiger partial charge in [0.05, 0.1) is 28.8 Å². The third kappa shape index (κ3) is 6.83. The molecule has 0 amide bonds. The molecule has 1 aliphatic carbocycles.